The minimum Gasteiger partial charge on any atom is -0.348 e. The predicted molar refractivity (Wildman–Crippen MR) is 60.2 cm³/mol. The van der Waals surface area contributed by atoms with Crippen LogP contribution < -0.4 is 11.1 Å². The highest BCUT2D eigenvalue weighted by atomic mass is 15.0. The van der Waals surface area contributed by atoms with E-state index in [4.69, 9.17) is 5.73 Å². The summed E-state index contributed by atoms with van der Waals surface area (Å²) in [7, 11) is 0. The summed E-state index contributed by atoms with van der Waals surface area (Å²) in [6.07, 6.45) is 8.83. The van der Waals surface area contributed by atoms with E-state index in [1.165, 1.54) is 25.7 Å². The van der Waals surface area contributed by atoms with Crippen LogP contribution in [0, 0.1) is 5.92 Å². The summed E-state index contributed by atoms with van der Waals surface area (Å²) in [6.45, 7) is 1.63. The van der Waals surface area contributed by atoms with Gasteiger partial charge >= 0.3 is 0 Å². The van der Waals surface area contributed by atoms with Crippen molar-refractivity contribution in [3.63, 3.8) is 0 Å². The summed E-state index contributed by atoms with van der Waals surface area (Å²) >= 11 is 0. The number of rotatable bonds is 4. The first-order valence-corrected chi connectivity index (χ1v) is 5.82. The molecule has 2 rings (SSSR count). The summed E-state index contributed by atoms with van der Waals surface area (Å²) in [4.78, 5) is 7.31. The van der Waals surface area contributed by atoms with Gasteiger partial charge in [-0.2, -0.15) is 0 Å². The van der Waals surface area contributed by atoms with Crippen LogP contribution in [-0.4, -0.2) is 22.6 Å². The van der Waals surface area contributed by atoms with Crippen molar-refractivity contribution < 1.29 is 0 Å². The molecule has 1 saturated carbocycles. The topological polar surface area (TPSA) is 66.7 Å². The lowest BCUT2D eigenvalue weighted by molar-refractivity contribution is 0.265. The predicted octanol–water partition coefficient (Wildman–Crippen LogP) is 1.02. The minimum absolute atomic E-state index is 0.578. The molecule has 1 aliphatic carbocycles. The lowest BCUT2D eigenvalue weighted by Gasteiger charge is -2.31. The number of hydrogen-bond donors (Lipinski definition) is 3. The van der Waals surface area contributed by atoms with E-state index in [-0.39, 0.29) is 0 Å². The Morgan fingerprint density at radius 1 is 1.47 bits per heavy atom. The van der Waals surface area contributed by atoms with Crippen LogP contribution >= 0.6 is 0 Å². The van der Waals surface area contributed by atoms with Crippen molar-refractivity contribution in [3.05, 3.63) is 18.2 Å². The highest BCUT2D eigenvalue weighted by molar-refractivity contribution is 4.89. The van der Waals surface area contributed by atoms with Crippen molar-refractivity contribution in [1.82, 2.24) is 15.3 Å². The van der Waals surface area contributed by atoms with Gasteiger partial charge in [0.1, 0.15) is 5.82 Å². The normalized spacial score (nSPS) is 26.7. The number of nitrogens with zero attached hydrogens (tertiary/aromatic N) is 1. The van der Waals surface area contributed by atoms with Gasteiger partial charge in [-0.3, -0.25) is 0 Å². The van der Waals surface area contributed by atoms with Gasteiger partial charge in [-0.05, 0) is 25.3 Å². The van der Waals surface area contributed by atoms with Crippen LogP contribution in [0.4, 0.5) is 0 Å². The van der Waals surface area contributed by atoms with Crippen LogP contribution in [0.3, 0.4) is 0 Å². The number of nitrogens with two attached hydrogens (primary N) is 1. The van der Waals surface area contributed by atoms with E-state index < -0.39 is 0 Å². The SMILES string of the molecule is NCC1CCCCC1NCc1ncc[nH]1. The van der Waals surface area contributed by atoms with Crippen LogP contribution in [0.25, 0.3) is 0 Å². The van der Waals surface area contributed by atoms with E-state index >= 15 is 0 Å². The molecular formula is C11H20N4. The lowest BCUT2D eigenvalue weighted by atomic mass is 9.84. The van der Waals surface area contributed by atoms with Crippen molar-refractivity contribution >= 4 is 0 Å². The highest BCUT2D eigenvalue weighted by Gasteiger charge is 2.23. The van der Waals surface area contributed by atoms with Gasteiger partial charge in [0, 0.05) is 18.4 Å². The maximum absolute atomic E-state index is 5.78. The molecule has 4 nitrogen and oxygen atoms in total. The average Bonchev–Trinajstić information content (AvgIpc) is 2.79. The molecule has 4 heteroatoms. The second-order valence-electron chi connectivity index (χ2n) is 4.30. The van der Waals surface area contributed by atoms with Crippen molar-refractivity contribution in [3.8, 4) is 0 Å². The van der Waals surface area contributed by atoms with E-state index in [1.54, 1.807) is 6.20 Å². The molecule has 84 valence electrons. The maximum atomic E-state index is 5.78. The van der Waals surface area contributed by atoms with Gasteiger partial charge in [0.05, 0.1) is 6.54 Å². The zero-order valence-electron chi connectivity index (χ0n) is 9.08. The fourth-order valence-electron chi connectivity index (χ4n) is 2.38. The van der Waals surface area contributed by atoms with Crippen LogP contribution in [0.5, 0.6) is 0 Å². The van der Waals surface area contributed by atoms with Crippen LogP contribution in [0.2, 0.25) is 0 Å². The van der Waals surface area contributed by atoms with E-state index in [0.717, 1.165) is 18.9 Å². The first-order chi connectivity index (χ1) is 7.40. The summed E-state index contributed by atoms with van der Waals surface area (Å²) < 4.78 is 0. The van der Waals surface area contributed by atoms with Gasteiger partial charge in [-0.25, -0.2) is 4.98 Å². The van der Waals surface area contributed by atoms with E-state index in [9.17, 15) is 0 Å². The molecule has 1 aliphatic rings. The molecule has 15 heavy (non-hydrogen) atoms. The molecule has 0 radical (unpaired) electrons. The summed E-state index contributed by atoms with van der Waals surface area (Å²) in [5.41, 5.74) is 5.78. The smallest absolute Gasteiger partial charge is 0.120 e. The number of H-pyrrole nitrogens is 1. The third kappa shape index (κ3) is 2.79. The Hall–Kier alpha value is -0.870. The molecule has 1 fully saturated rings. The fraction of sp³-hybridized carbons (Fsp3) is 0.727. The monoisotopic (exact) mass is 208 g/mol. The highest BCUT2D eigenvalue weighted by Crippen LogP contribution is 2.23. The van der Waals surface area contributed by atoms with Crippen molar-refractivity contribution in [2.75, 3.05) is 6.54 Å². The molecule has 1 aromatic heterocycles. The van der Waals surface area contributed by atoms with E-state index in [1.807, 2.05) is 6.20 Å². The molecule has 4 N–H and O–H groups in total. The van der Waals surface area contributed by atoms with E-state index in [0.29, 0.717) is 12.0 Å². The van der Waals surface area contributed by atoms with Gasteiger partial charge in [0.2, 0.25) is 0 Å². The number of aromatic nitrogens is 2. The second-order valence-corrected chi connectivity index (χ2v) is 4.30. The molecule has 0 saturated heterocycles. The van der Waals surface area contributed by atoms with Gasteiger partial charge in [0.25, 0.3) is 0 Å². The third-order valence-corrected chi connectivity index (χ3v) is 3.30. The molecule has 0 aliphatic heterocycles. The molecule has 2 atom stereocenters. The van der Waals surface area contributed by atoms with E-state index in [2.05, 4.69) is 15.3 Å². The minimum atomic E-state index is 0.578. The van der Waals surface area contributed by atoms with Crippen molar-refractivity contribution in [1.29, 1.82) is 0 Å². The van der Waals surface area contributed by atoms with Crippen molar-refractivity contribution in [2.45, 2.75) is 38.3 Å². The molecule has 1 heterocycles. The first kappa shape index (κ1) is 10.6. The Morgan fingerprint density at radius 2 is 2.33 bits per heavy atom. The van der Waals surface area contributed by atoms with Crippen LogP contribution in [0.15, 0.2) is 12.4 Å². The fourth-order valence-corrected chi connectivity index (χ4v) is 2.38. The molecule has 0 amide bonds. The molecular weight excluding hydrogens is 188 g/mol. The quantitative estimate of drug-likeness (QED) is 0.692. The largest absolute Gasteiger partial charge is 0.348 e. The standard InChI is InChI=1S/C11H20N4/c12-7-9-3-1-2-4-10(9)15-8-11-13-5-6-14-11/h5-6,9-10,15H,1-4,7-8,12H2,(H,13,14). The van der Waals surface area contributed by atoms with Crippen molar-refractivity contribution in [2.24, 2.45) is 11.7 Å². The molecule has 0 spiro atoms. The Bertz CT molecular complexity index is 270. The Morgan fingerprint density at radius 3 is 3.07 bits per heavy atom. The number of nitrogens with one attached hydrogen (secondary N) is 2. The Balaban J connectivity index is 1.81. The lowest BCUT2D eigenvalue weighted by Crippen LogP contribution is -2.41. The summed E-state index contributed by atoms with van der Waals surface area (Å²) in [6, 6.07) is 0.578. The molecule has 1 aromatic rings. The van der Waals surface area contributed by atoms with Gasteiger partial charge in [-0.1, -0.05) is 12.8 Å². The molecule has 2 unspecified atom stereocenters. The summed E-state index contributed by atoms with van der Waals surface area (Å²) in [5.74, 6) is 1.66. The van der Waals surface area contributed by atoms with Crippen LogP contribution in [-0.2, 0) is 6.54 Å². The number of imidazole rings is 1. The number of aromatic amines is 1. The average molecular weight is 208 g/mol. The van der Waals surface area contributed by atoms with Gasteiger partial charge in [-0.15, -0.1) is 0 Å². The Labute approximate surface area is 90.7 Å². The summed E-state index contributed by atoms with van der Waals surface area (Å²) in [5, 5.41) is 3.55. The van der Waals surface area contributed by atoms with Gasteiger partial charge < -0.3 is 16.0 Å². The second kappa shape index (κ2) is 5.28. The first-order valence-electron chi connectivity index (χ1n) is 5.82. The zero-order valence-corrected chi connectivity index (χ0v) is 9.08. The molecule has 0 aromatic carbocycles. The third-order valence-electron chi connectivity index (χ3n) is 3.30. The molecule has 0 bridgehead atoms. The zero-order chi connectivity index (χ0) is 10.5. The van der Waals surface area contributed by atoms with Gasteiger partial charge in [0.15, 0.2) is 0 Å². The number of hydrogen-bond acceptors (Lipinski definition) is 3. The maximum Gasteiger partial charge on any atom is 0.120 e. The van der Waals surface area contributed by atoms with Crippen LogP contribution in [0.1, 0.15) is 31.5 Å². The Kier molecular flexibility index (Phi) is 3.75.